The number of nitrogens with zero attached hydrogens (tertiary/aromatic N) is 2. The lowest BCUT2D eigenvalue weighted by atomic mass is 10.0. The van der Waals surface area contributed by atoms with Crippen molar-refractivity contribution in [2.24, 2.45) is 5.84 Å². The average Bonchev–Trinajstić information content (AvgIpc) is 2.81. The third kappa shape index (κ3) is 3.27. The van der Waals surface area contributed by atoms with E-state index >= 15 is 0 Å². The first-order valence-electron chi connectivity index (χ1n) is 6.40. The number of rotatable bonds is 6. The Labute approximate surface area is 127 Å². The van der Waals surface area contributed by atoms with Crippen molar-refractivity contribution in [2.75, 3.05) is 13.7 Å². The summed E-state index contributed by atoms with van der Waals surface area (Å²) in [6.07, 6.45) is 1.78. The number of benzene rings is 1. The molecule has 108 valence electrons. The average molecular weight is 339 g/mol. The standard InChI is InChI=1S/C14H19BrN4O/c1-10-3-5-11(6-4-10)13(18-16)14-12(15)9-17-19(14)7-8-20-2/h3-6,9,13,18H,7-8,16H2,1-2H3. The van der Waals surface area contributed by atoms with E-state index in [1.54, 1.807) is 13.3 Å². The molecule has 0 aliphatic heterocycles. The SMILES string of the molecule is COCCn1ncc(Br)c1C(NN)c1ccc(C)cc1. The maximum absolute atomic E-state index is 5.76. The first-order valence-corrected chi connectivity index (χ1v) is 7.19. The minimum absolute atomic E-state index is 0.121. The Morgan fingerprint density at radius 3 is 2.70 bits per heavy atom. The van der Waals surface area contributed by atoms with Crippen molar-refractivity contribution in [2.45, 2.75) is 19.5 Å². The molecule has 1 aromatic heterocycles. The van der Waals surface area contributed by atoms with E-state index in [9.17, 15) is 0 Å². The van der Waals surface area contributed by atoms with Crippen molar-refractivity contribution in [3.05, 3.63) is 51.8 Å². The van der Waals surface area contributed by atoms with Crippen molar-refractivity contribution in [1.82, 2.24) is 15.2 Å². The molecular weight excluding hydrogens is 320 g/mol. The molecule has 0 saturated heterocycles. The van der Waals surface area contributed by atoms with E-state index in [0.29, 0.717) is 13.2 Å². The Bertz CT molecular complexity index is 553. The van der Waals surface area contributed by atoms with Crippen molar-refractivity contribution >= 4 is 15.9 Å². The highest BCUT2D eigenvalue weighted by Crippen LogP contribution is 2.28. The number of hydrogen-bond acceptors (Lipinski definition) is 4. The van der Waals surface area contributed by atoms with Gasteiger partial charge in [-0.2, -0.15) is 5.10 Å². The van der Waals surface area contributed by atoms with Gasteiger partial charge in [-0.1, -0.05) is 29.8 Å². The monoisotopic (exact) mass is 338 g/mol. The smallest absolute Gasteiger partial charge is 0.0889 e. The van der Waals surface area contributed by atoms with Gasteiger partial charge in [0.15, 0.2) is 0 Å². The fourth-order valence-electron chi connectivity index (χ4n) is 2.11. The summed E-state index contributed by atoms with van der Waals surface area (Å²) in [6.45, 7) is 3.35. The molecule has 6 heteroatoms. The molecule has 0 saturated carbocycles. The molecule has 2 rings (SSSR count). The summed E-state index contributed by atoms with van der Waals surface area (Å²) in [6, 6.07) is 8.16. The van der Waals surface area contributed by atoms with E-state index < -0.39 is 0 Å². The van der Waals surface area contributed by atoms with Gasteiger partial charge in [0.25, 0.3) is 0 Å². The zero-order chi connectivity index (χ0) is 14.5. The van der Waals surface area contributed by atoms with Crippen LogP contribution in [0.1, 0.15) is 22.9 Å². The van der Waals surface area contributed by atoms with Gasteiger partial charge in [0.05, 0.1) is 35.6 Å². The van der Waals surface area contributed by atoms with E-state index in [4.69, 9.17) is 10.6 Å². The van der Waals surface area contributed by atoms with Crippen molar-refractivity contribution in [3.63, 3.8) is 0 Å². The summed E-state index contributed by atoms with van der Waals surface area (Å²) in [5.74, 6) is 5.76. The van der Waals surface area contributed by atoms with Gasteiger partial charge in [-0.25, -0.2) is 5.43 Å². The molecule has 1 heterocycles. The molecule has 0 spiro atoms. The van der Waals surface area contributed by atoms with Gasteiger partial charge < -0.3 is 4.74 Å². The molecule has 0 bridgehead atoms. The van der Waals surface area contributed by atoms with E-state index in [-0.39, 0.29) is 6.04 Å². The van der Waals surface area contributed by atoms with Gasteiger partial charge >= 0.3 is 0 Å². The summed E-state index contributed by atoms with van der Waals surface area (Å²) in [4.78, 5) is 0. The first kappa shape index (κ1) is 15.2. The van der Waals surface area contributed by atoms with Crippen LogP contribution >= 0.6 is 15.9 Å². The van der Waals surface area contributed by atoms with Crippen molar-refractivity contribution < 1.29 is 4.74 Å². The lowest BCUT2D eigenvalue weighted by Gasteiger charge is -2.19. The summed E-state index contributed by atoms with van der Waals surface area (Å²) in [5.41, 5.74) is 6.17. The Hall–Kier alpha value is -1.21. The van der Waals surface area contributed by atoms with Crippen LogP contribution in [0.25, 0.3) is 0 Å². The van der Waals surface area contributed by atoms with Gasteiger partial charge in [0.1, 0.15) is 0 Å². The molecule has 1 aromatic carbocycles. The van der Waals surface area contributed by atoms with Crippen molar-refractivity contribution in [1.29, 1.82) is 0 Å². The molecule has 3 N–H and O–H groups in total. The van der Waals surface area contributed by atoms with E-state index in [0.717, 1.165) is 15.7 Å². The zero-order valence-corrected chi connectivity index (χ0v) is 13.2. The lowest BCUT2D eigenvalue weighted by Crippen LogP contribution is -2.31. The highest BCUT2D eigenvalue weighted by atomic mass is 79.9. The van der Waals surface area contributed by atoms with Crippen LogP contribution in [0.5, 0.6) is 0 Å². The molecule has 0 aliphatic carbocycles. The maximum Gasteiger partial charge on any atom is 0.0889 e. The Morgan fingerprint density at radius 2 is 2.10 bits per heavy atom. The molecule has 0 fully saturated rings. The van der Waals surface area contributed by atoms with E-state index in [1.807, 2.05) is 4.68 Å². The van der Waals surface area contributed by atoms with Crippen LogP contribution < -0.4 is 11.3 Å². The molecular formula is C14H19BrN4O. The molecule has 5 nitrogen and oxygen atoms in total. The summed E-state index contributed by atoms with van der Waals surface area (Å²) in [7, 11) is 1.68. The number of methoxy groups -OCH3 is 1. The highest BCUT2D eigenvalue weighted by molar-refractivity contribution is 9.10. The normalized spacial score (nSPS) is 12.6. The molecule has 1 unspecified atom stereocenters. The largest absolute Gasteiger partial charge is 0.383 e. The fraction of sp³-hybridized carbons (Fsp3) is 0.357. The number of hydrazine groups is 1. The van der Waals surface area contributed by atoms with Gasteiger partial charge in [-0.15, -0.1) is 0 Å². The van der Waals surface area contributed by atoms with Crippen LogP contribution in [0.3, 0.4) is 0 Å². The van der Waals surface area contributed by atoms with Crippen LogP contribution in [-0.4, -0.2) is 23.5 Å². The number of halogens is 1. The number of nitrogens with one attached hydrogen (secondary N) is 1. The van der Waals surface area contributed by atoms with Gasteiger partial charge in [-0.3, -0.25) is 10.5 Å². The van der Waals surface area contributed by atoms with E-state index in [1.165, 1.54) is 5.56 Å². The lowest BCUT2D eigenvalue weighted by molar-refractivity contribution is 0.182. The Kier molecular flexibility index (Phi) is 5.31. The molecule has 2 aromatic rings. The van der Waals surface area contributed by atoms with Crippen LogP contribution in [-0.2, 0) is 11.3 Å². The highest BCUT2D eigenvalue weighted by Gasteiger charge is 2.20. The van der Waals surface area contributed by atoms with Crippen LogP contribution in [0, 0.1) is 6.92 Å². The number of aryl methyl sites for hydroxylation is 1. The Morgan fingerprint density at radius 1 is 1.40 bits per heavy atom. The van der Waals surface area contributed by atoms with Crippen LogP contribution in [0.4, 0.5) is 0 Å². The number of ether oxygens (including phenoxy) is 1. The topological polar surface area (TPSA) is 65.1 Å². The quantitative estimate of drug-likeness (QED) is 0.625. The summed E-state index contributed by atoms with van der Waals surface area (Å²) in [5, 5.41) is 4.36. The third-order valence-corrected chi connectivity index (χ3v) is 3.80. The first-order chi connectivity index (χ1) is 9.67. The minimum atomic E-state index is -0.121. The number of hydrogen-bond donors (Lipinski definition) is 2. The predicted octanol–water partition coefficient (Wildman–Crippen LogP) is 2.15. The van der Waals surface area contributed by atoms with Gasteiger partial charge in [0.2, 0.25) is 0 Å². The second-order valence-electron chi connectivity index (χ2n) is 4.60. The number of aromatic nitrogens is 2. The maximum atomic E-state index is 5.76. The molecule has 0 amide bonds. The van der Waals surface area contributed by atoms with Crippen LogP contribution in [0.2, 0.25) is 0 Å². The second kappa shape index (κ2) is 6.99. The predicted molar refractivity (Wildman–Crippen MR) is 82.1 cm³/mol. The second-order valence-corrected chi connectivity index (χ2v) is 5.46. The molecule has 0 radical (unpaired) electrons. The van der Waals surface area contributed by atoms with Crippen LogP contribution in [0.15, 0.2) is 34.9 Å². The molecule has 20 heavy (non-hydrogen) atoms. The molecule has 1 atom stereocenters. The summed E-state index contributed by atoms with van der Waals surface area (Å²) < 4.78 is 7.95. The van der Waals surface area contributed by atoms with Crippen molar-refractivity contribution in [3.8, 4) is 0 Å². The molecule has 0 aliphatic rings. The summed E-state index contributed by atoms with van der Waals surface area (Å²) >= 11 is 3.54. The zero-order valence-electron chi connectivity index (χ0n) is 11.6. The third-order valence-electron chi connectivity index (χ3n) is 3.19. The Balaban J connectivity index is 2.35. The minimum Gasteiger partial charge on any atom is -0.383 e. The number of nitrogens with two attached hydrogens (primary N) is 1. The van der Waals surface area contributed by atoms with E-state index in [2.05, 4.69) is 57.6 Å². The van der Waals surface area contributed by atoms with Gasteiger partial charge in [-0.05, 0) is 28.4 Å². The fourth-order valence-corrected chi connectivity index (χ4v) is 2.63. The van der Waals surface area contributed by atoms with Gasteiger partial charge in [0, 0.05) is 7.11 Å².